The average Bonchev–Trinajstić information content (AvgIpc) is 2.97. The third-order valence-corrected chi connectivity index (χ3v) is 4.34. The lowest BCUT2D eigenvalue weighted by atomic mass is 9.78. The SMILES string of the molecule is O=C1CCC2(C[C@H]1[C@@H](O)c1ccccc1[N+](=O)[O-])OCCO2. The highest BCUT2D eigenvalue weighted by Crippen LogP contribution is 2.43. The number of nitro groups is 1. The smallest absolute Gasteiger partial charge is 0.275 e. The largest absolute Gasteiger partial charge is 0.387 e. The van der Waals surface area contributed by atoms with Crippen LogP contribution in [-0.4, -0.2) is 34.8 Å². The zero-order chi connectivity index (χ0) is 15.7. The lowest BCUT2D eigenvalue weighted by Crippen LogP contribution is -2.42. The molecule has 1 aliphatic carbocycles. The van der Waals surface area contributed by atoms with Crippen LogP contribution in [0.1, 0.15) is 30.9 Å². The van der Waals surface area contributed by atoms with Crippen LogP contribution in [0.5, 0.6) is 0 Å². The van der Waals surface area contributed by atoms with Crippen LogP contribution in [-0.2, 0) is 14.3 Å². The van der Waals surface area contributed by atoms with Crippen LogP contribution in [0.25, 0.3) is 0 Å². The molecular formula is C15H17NO6. The fourth-order valence-corrected chi connectivity index (χ4v) is 3.22. The quantitative estimate of drug-likeness (QED) is 0.674. The number of hydrogen-bond donors (Lipinski definition) is 1. The number of Topliss-reactive ketones (excluding diaryl/α,β-unsaturated/α-hetero) is 1. The summed E-state index contributed by atoms with van der Waals surface area (Å²) in [4.78, 5) is 22.7. The van der Waals surface area contributed by atoms with E-state index in [2.05, 4.69) is 0 Å². The maximum absolute atomic E-state index is 12.2. The summed E-state index contributed by atoms with van der Waals surface area (Å²) < 4.78 is 11.2. The van der Waals surface area contributed by atoms with Gasteiger partial charge in [0, 0.05) is 25.3 Å². The number of carbonyl (C=O) groups is 1. The van der Waals surface area contributed by atoms with Gasteiger partial charge in [-0.05, 0) is 6.07 Å². The molecule has 2 fully saturated rings. The zero-order valence-electron chi connectivity index (χ0n) is 11.9. The van der Waals surface area contributed by atoms with Gasteiger partial charge in [0.25, 0.3) is 5.69 Å². The molecule has 1 N–H and O–H groups in total. The van der Waals surface area contributed by atoms with Gasteiger partial charge in [-0.3, -0.25) is 14.9 Å². The second-order valence-electron chi connectivity index (χ2n) is 5.65. The summed E-state index contributed by atoms with van der Waals surface area (Å²) in [6, 6.07) is 5.94. The second kappa shape index (κ2) is 5.75. The Labute approximate surface area is 127 Å². The monoisotopic (exact) mass is 307 g/mol. The van der Waals surface area contributed by atoms with E-state index in [0.29, 0.717) is 19.6 Å². The number of rotatable bonds is 3. The highest BCUT2D eigenvalue weighted by atomic mass is 16.7. The van der Waals surface area contributed by atoms with Gasteiger partial charge in [-0.2, -0.15) is 0 Å². The molecule has 0 aromatic heterocycles. The lowest BCUT2D eigenvalue weighted by molar-refractivity contribution is -0.386. The maximum atomic E-state index is 12.2. The van der Waals surface area contributed by atoms with E-state index >= 15 is 0 Å². The van der Waals surface area contributed by atoms with Gasteiger partial charge in [0.15, 0.2) is 5.79 Å². The number of benzene rings is 1. The number of nitro benzene ring substituents is 1. The topological polar surface area (TPSA) is 98.9 Å². The van der Waals surface area contributed by atoms with Crippen molar-refractivity contribution in [1.29, 1.82) is 0 Å². The van der Waals surface area contributed by atoms with Gasteiger partial charge in [-0.1, -0.05) is 12.1 Å². The molecule has 0 bridgehead atoms. The van der Waals surface area contributed by atoms with Crippen molar-refractivity contribution in [3.8, 4) is 0 Å². The van der Waals surface area contributed by atoms with Crippen LogP contribution in [0.4, 0.5) is 5.69 Å². The Kier molecular flexibility index (Phi) is 3.94. The van der Waals surface area contributed by atoms with Crippen molar-refractivity contribution < 1.29 is 24.3 Å². The lowest BCUT2D eigenvalue weighted by Gasteiger charge is -2.37. The molecule has 1 heterocycles. The highest BCUT2D eigenvalue weighted by molar-refractivity contribution is 5.83. The van der Waals surface area contributed by atoms with Crippen LogP contribution in [0.15, 0.2) is 24.3 Å². The van der Waals surface area contributed by atoms with Crippen molar-refractivity contribution >= 4 is 11.5 Å². The van der Waals surface area contributed by atoms with E-state index < -0.39 is 22.7 Å². The van der Waals surface area contributed by atoms with Crippen molar-refractivity contribution in [3.63, 3.8) is 0 Å². The molecule has 2 aliphatic rings. The third kappa shape index (κ3) is 2.63. The fourth-order valence-electron chi connectivity index (χ4n) is 3.22. The Balaban J connectivity index is 1.88. The first-order chi connectivity index (χ1) is 10.5. The molecule has 0 radical (unpaired) electrons. The van der Waals surface area contributed by atoms with E-state index in [1.165, 1.54) is 18.2 Å². The summed E-state index contributed by atoms with van der Waals surface area (Å²) in [7, 11) is 0. The number of ether oxygens (including phenoxy) is 2. The minimum absolute atomic E-state index is 0.115. The van der Waals surface area contributed by atoms with Crippen molar-refractivity contribution in [2.75, 3.05) is 13.2 Å². The Morgan fingerprint density at radius 1 is 1.32 bits per heavy atom. The second-order valence-corrected chi connectivity index (χ2v) is 5.65. The summed E-state index contributed by atoms with van der Waals surface area (Å²) in [5.41, 5.74) is -0.0309. The Bertz CT molecular complexity index is 595. The molecule has 0 unspecified atom stereocenters. The summed E-state index contributed by atoms with van der Waals surface area (Å²) in [6.45, 7) is 0.922. The molecular weight excluding hydrogens is 290 g/mol. The molecule has 22 heavy (non-hydrogen) atoms. The Morgan fingerprint density at radius 3 is 2.68 bits per heavy atom. The third-order valence-electron chi connectivity index (χ3n) is 4.34. The minimum Gasteiger partial charge on any atom is -0.387 e. The van der Waals surface area contributed by atoms with Crippen LogP contribution >= 0.6 is 0 Å². The van der Waals surface area contributed by atoms with Gasteiger partial charge in [0.05, 0.1) is 35.7 Å². The normalized spacial score (nSPS) is 25.3. The Morgan fingerprint density at radius 2 is 2.00 bits per heavy atom. The van der Waals surface area contributed by atoms with Gasteiger partial charge < -0.3 is 14.6 Å². The van der Waals surface area contributed by atoms with E-state index in [4.69, 9.17) is 9.47 Å². The molecule has 7 nitrogen and oxygen atoms in total. The molecule has 2 atom stereocenters. The summed E-state index contributed by atoms with van der Waals surface area (Å²) in [6.07, 6.45) is -0.313. The molecule has 1 spiro atoms. The van der Waals surface area contributed by atoms with Gasteiger partial charge >= 0.3 is 0 Å². The molecule has 3 rings (SSSR count). The zero-order valence-corrected chi connectivity index (χ0v) is 11.9. The number of para-hydroxylation sites is 1. The standard InChI is InChI=1S/C15H17NO6/c17-13-5-6-15(21-7-8-22-15)9-11(13)14(18)10-3-1-2-4-12(10)16(19)20/h1-4,11,14,18H,5-9H2/t11-,14+/m1/s1. The molecule has 1 saturated carbocycles. The number of ketones is 1. The molecule has 1 aliphatic heterocycles. The van der Waals surface area contributed by atoms with Crippen LogP contribution in [0, 0.1) is 16.0 Å². The van der Waals surface area contributed by atoms with Crippen LogP contribution < -0.4 is 0 Å². The molecule has 0 amide bonds. The van der Waals surface area contributed by atoms with E-state index in [1.54, 1.807) is 6.07 Å². The molecule has 1 aromatic carbocycles. The molecule has 1 aromatic rings. The maximum Gasteiger partial charge on any atom is 0.275 e. The number of aliphatic hydroxyl groups excluding tert-OH is 1. The van der Waals surface area contributed by atoms with E-state index in [1.807, 2.05) is 0 Å². The van der Waals surface area contributed by atoms with Gasteiger partial charge in [0.2, 0.25) is 0 Å². The van der Waals surface area contributed by atoms with Crippen molar-refractivity contribution in [2.45, 2.75) is 31.2 Å². The first-order valence-electron chi connectivity index (χ1n) is 7.24. The molecule has 118 valence electrons. The highest BCUT2D eigenvalue weighted by Gasteiger charge is 2.47. The van der Waals surface area contributed by atoms with Crippen LogP contribution in [0.3, 0.4) is 0 Å². The van der Waals surface area contributed by atoms with Crippen LogP contribution in [0.2, 0.25) is 0 Å². The van der Waals surface area contributed by atoms with Gasteiger partial charge in [-0.15, -0.1) is 0 Å². The number of aliphatic hydroxyl groups is 1. The summed E-state index contributed by atoms with van der Waals surface area (Å²) in [5, 5.41) is 21.7. The van der Waals surface area contributed by atoms with Gasteiger partial charge in [-0.25, -0.2) is 0 Å². The molecule has 7 heteroatoms. The van der Waals surface area contributed by atoms with E-state index in [0.717, 1.165) is 0 Å². The Hall–Kier alpha value is -1.83. The minimum atomic E-state index is -1.24. The number of carbonyl (C=O) groups excluding carboxylic acids is 1. The molecule has 1 saturated heterocycles. The van der Waals surface area contributed by atoms with Gasteiger partial charge in [0.1, 0.15) is 5.78 Å². The van der Waals surface area contributed by atoms with Crippen molar-refractivity contribution in [2.24, 2.45) is 5.92 Å². The fraction of sp³-hybridized carbons (Fsp3) is 0.533. The first kappa shape index (κ1) is 15.1. The average molecular weight is 307 g/mol. The van der Waals surface area contributed by atoms with Crippen molar-refractivity contribution in [1.82, 2.24) is 0 Å². The predicted octanol–water partition coefficient (Wildman–Crippen LogP) is 1.74. The summed E-state index contributed by atoms with van der Waals surface area (Å²) in [5.74, 6) is -1.70. The van der Waals surface area contributed by atoms with E-state index in [9.17, 15) is 20.0 Å². The number of nitrogens with zero attached hydrogens (tertiary/aromatic N) is 1. The first-order valence-corrected chi connectivity index (χ1v) is 7.24. The summed E-state index contributed by atoms with van der Waals surface area (Å²) >= 11 is 0. The van der Waals surface area contributed by atoms with E-state index in [-0.39, 0.29) is 29.9 Å². The predicted molar refractivity (Wildman–Crippen MR) is 75.0 cm³/mol. The van der Waals surface area contributed by atoms with Crippen molar-refractivity contribution in [3.05, 3.63) is 39.9 Å². The number of hydrogen-bond acceptors (Lipinski definition) is 6.